The van der Waals surface area contributed by atoms with E-state index >= 15 is 0 Å². The third kappa shape index (κ3) is 5.24. The molecule has 0 aromatic heterocycles. The predicted octanol–water partition coefficient (Wildman–Crippen LogP) is 2.70. The Morgan fingerprint density at radius 2 is 1.95 bits per heavy atom. The quantitative estimate of drug-likeness (QED) is 0.645. The Labute approximate surface area is 127 Å². The monoisotopic (exact) mass is 284 g/mol. The molecular weight excluding hydrogens is 260 g/mol. The van der Waals surface area contributed by atoms with Gasteiger partial charge in [0.1, 0.15) is 0 Å². The SMILES string of the molecule is NCC#Cc1ccc(C(=O)NCCCC2CCCC2)cc1. The number of hydrogen-bond donors (Lipinski definition) is 2. The van der Waals surface area contributed by atoms with Crippen LogP contribution in [0.1, 0.15) is 54.4 Å². The van der Waals surface area contributed by atoms with Crippen LogP contribution in [-0.4, -0.2) is 19.0 Å². The molecule has 112 valence electrons. The van der Waals surface area contributed by atoms with Gasteiger partial charge >= 0.3 is 0 Å². The molecular formula is C18H24N2O. The summed E-state index contributed by atoms with van der Waals surface area (Å²) in [6.45, 7) is 1.12. The maximum atomic E-state index is 12.0. The summed E-state index contributed by atoms with van der Waals surface area (Å²) in [4.78, 5) is 12.0. The van der Waals surface area contributed by atoms with Gasteiger partial charge in [0.2, 0.25) is 0 Å². The van der Waals surface area contributed by atoms with Crippen LogP contribution in [0.5, 0.6) is 0 Å². The summed E-state index contributed by atoms with van der Waals surface area (Å²) >= 11 is 0. The standard InChI is InChI=1S/C18H24N2O/c19-13-3-7-16-9-11-17(12-10-16)18(21)20-14-4-8-15-5-1-2-6-15/h9-12,15H,1-2,4-6,8,13-14,19H2,(H,20,21). The Kier molecular flexibility index (Phi) is 6.30. The van der Waals surface area contributed by atoms with Crippen LogP contribution in [0.3, 0.4) is 0 Å². The number of nitrogens with one attached hydrogen (secondary N) is 1. The number of carbonyl (C=O) groups excluding carboxylic acids is 1. The maximum Gasteiger partial charge on any atom is 0.251 e. The van der Waals surface area contributed by atoms with Crippen LogP contribution in [0.25, 0.3) is 0 Å². The van der Waals surface area contributed by atoms with Crippen LogP contribution in [0.2, 0.25) is 0 Å². The van der Waals surface area contributed by atoms with Crippen LogP contribution in [0.15, 0.2) is 24.3 Å². The van der Waals surface area contributed by atoms with Crippen molar-refractivity contribution in [3.8, 4) is 11.8 Å². The van der Waals surface area contributed by atoms with Gasteiger partial charge in [-0.1, -0.05) is 37.5 Å². The fourth-order valence-corrected chi connectivity index (χ4v) is 2.85. The highest BCUT2D eigenvalue weighted by Gasteiger charge is 2.14. The van der Waals surface area contributed by atoms with Crippen molar-refractivity contribution >= 4 is 5.91 Å². The number of carbonyl (C=O) groups is 1. The lowest BCUT2D eigenvalue weighted by Gasteiger charge is -2.09. The van der Waals surface area contributed by atoms with Crippen LogP contribution in [0.4, 0.5) is 0 Å². The largest absolute Gasteiger partial charge is 0.352 e. The van der Waals surface area contributed by atoms with Gasteiger partial charge in [-0.2, -0.15) is 0 Å². The summed E-state index contributed by atoms with van der Waals surface area (Å²) in [7, 11) is 0. The second-order valence-corrected chi connectivity index (χ2v) is 5.63. The van der Waals surface area contributed by atoms with E-state index in [-0.39, 0.29) is 5.91 Å². The topological polar surface area (TPSA) is 55.1 Å². The zero-order valence-corrected chi connectivity index (χ0v) is 12.5. The second-order valence-electron chi connectivity index (χ2n) is 5.63. The fraction of sp³-hybridized carbons (Fsp3) is 0.500. The summed E-state index contributed by atoms with van der Waals surface area (Å²) in [5.41, 5.74) is 6.91. The minimum Gasteiger partial charge on any atom is -0.352 e. The van der Waals surface area contributed by atoms with Gasteiger partial charge in [-0.25, -0.2) is 0 Å². The molecule has 2 rings (SSSR count). The van der Waals surface area contributed by atoms with Gasteiger partial charge in [-0.15, -0.1) is 0 Å². The van der Waals surface area contributed by atoms with Gasteiger partial charge in [0.15, 0.2) is 0 Å². The zero-order chi connectivity index (χ0) is 14.9. The molecule has 1 aliphatic carbocycles. The summed E-state index contributed by atoms with van der Waals surface area (Å²) in [6, 6.07) is 7.34. The average molecular weight is 284 g/mol. The van der Waals surface area contributed by atoms with Crippen LogP contribution < -0.4 is 11.1 Å². The molecule has 1 saturated carbocycles. The lowest BCUT2D eigenvalue weighted by Crippen LogP contribution is -2.24. The summed E-state index contributed by atoms with van der Waals surface area (Å²) in [5.74, 6) is 6.64. The molecule has 3 nitrogen and oxygen atoms in total. The van der Waals surface area contributed by atoms with Crippen LogP contribution in [0, 0.1) is 17.8 Å². The average Bonchev–Trinajstić information content (AvgIpc) is 3.03. The van der Waals surface area contributed by atoms with E-state index in [1.807, 2.05) is 24.3 Å². The fourth-order valence-electron chi connectivity index (χ4n) is 2.85. The van der Waals surface area contributed by atoms with E-state index in [4.69, 9.17) is 5.73 Å². The first-order chi connectivity index (χ1) is 10.3. The molecule has 3 heteroatoms. The normalized spacial score (nSPS) is 14.5. The Morgan fingerprint density at radius 3 is 2.62 bits per heavy atom. The summed E-state index contributed by atoms with van der Waals surface area (Å²) in [6.07, 6.45) is 7.84. The molecule has 1 aromatic rings. The van der Waals surface area contributed by atoms with E-state index in [1.165, 1.54) is 32.1 Å². The van der Waals surface area contributed by atoms with Gasteiger partial charge in [0, 0.05) is 17.7 Å². The lowest BCUT2D eigenvalue weighted by molar-refractivity contribution is 0.0952. The van der Waals surface area contributed by atoms with Gasteiger partial charge in [0.25, 0.3) is 5.91 Å². The molecule has 0 bridgehead atoms. The molecule has 0 saturated heterocycles. The molecule has 1 aliphatic rings. The Morgan fingerprint density at radius 1 is 1.24 bits per heavy atom. The van der Waals surface area contributed by atoms with E-state index in [9.17, 15) is 4.79 Å². The van der Waals surface area contributed by atoms with Gasteiger partial charge in [-0.05, 0) is 43.0 Å². The molecule has 1 amide bonds. The molecule has 0 atom stereocenters. The van der Waals surface area contributed by atoms with Crippen molar-refractivity contribution in [1.29, 1.82) is 0 Å². The third-order valence-electron chi connectivity index (χ3n) is 4.03. The van der Waals surface area contributed by atoms with Crippen molar-refractivity contribution in [2.45, 2.75) is 38.5 Å². The molecule has 3 N–H and O–H groups in total. The number of nitrogens with two attached hydrogens (primary N) is 1. The smallest absolute Gasteiger partial charge is 0.251 e. The van der Waals surface area contributed by atoms with Crippen molar-refractivity contribution in [3.63, 3.8) is 0 Å². The first-order valence-electron chi connectivity index (χ1n) is 7.87. The number of benzene rings is 1. The maximum absolute atomic E-state index is 12.0. The van der Waals surface area contributed by atoms with E-state index in [0.29, 0.717) is 12.1 Å². The summed E-state index contributed by atoms with van der Waals surface area (Å²) in [5, 5.41) is 2.99. The number of rotatable bonds is 5. The van der Waals surface area contributed by atoms with Gasteiger partial charge in [0.05, 0.1) is 6.54 Å². The van der Waals surface area contributed by atoms with Crippen molar-refractivity contribution in [1.82, 2.24) is 5.32 Å². The number of hydrogen-bond acceptors (Lipinski definition) is 2. The van der Waals surface area contributed by atoms with Crippen molar-refractivity contribution < 1.29 is 4.79 Å². The molecule has 0 radical (unpaired) electrons. The van der Waals surface area contributed by atoms with Crippen LogP contribution in [-0.2, 0) is 0 Å². The van der Waals surface area contributed by atoms with E-state index in [0.717, 1.165) is 24.4 Å². The van der Waals surface area contributed by atoms with E-state index in [2.05, 4.69) is 17.2 Å². The van der Waals surface area contributed by atoms with Crippen molar-refractivity contribution in [2.24, 2.45) is 11.7 Å². The highest BCUT2D eigenvalue weighted by Crippen LogP contribution is 2.28. The van der Waals surface area contributed by atoms with Gasteiger partial charge < -0.3 is 11.1 Å². The molecule has 1 fully saturated rings. The molecule has 0 aliphatic heterocycles. The molecule has 0 heterocycles. The third-order valence-corrected chi connectivity index (χ3v) is 4.03. The second kappa shape index (κ2) is 8.49. The predicted molar refractivity (Wildman–Crippen MR) is 85.9 cm³/mol. The zero-order valence-electron chi connectivity index (χ0n) is 12.5. The highest BCUT2D eigenvalue weighted by atomic mass is 16.1. The van der Waals surface area contributed by atoms with Crippen molar-refractivity contribution in [3.05, 3.63) is 35.4 Å². The van der Waals surface area contributed by atoms with E-state index in [1.54, 1.807) is 0 Å². The molecule has 21 heavy (non-hydrogen) atoms. The minimum atomic E-state index is -0.000226. The Bertz CT molecular complexity index is 504. The van der Waals surface area contributed by atoms with E-state index < -0.39 is 0 Å². The number of amides is 1. The molecule has 1 aromatic carbocycles. The minimum absolute atomic E-state index is 0.000226. The van der Waals surface area contributed by atoms with Crippen molar-refractivity contribution in [2.75, 3.05) is 13.1 Å². The molecule has 0 unspecified atom stereocenters. The highest BCUT2D eigenvalue weighted by molar-refractivity contribution is 5.94. The van der Waals surface area contributed by atoms with Crippen LogP contribution >= 0.6 is 0 Å². The Hall–Kier alpha value is -1.79. The molecule has 0 spiro atoms. The summed E-state index contributed by atoms with van der Waals surface area (Å²) < 4.78 is 0. The van der Waals surface area contributed by atoms with Gasteiger partial charge in [-0.3, -0.25) is 4.79 Å². The Balaban J connectivity index is 1.72. The first kappa shape index (κ1) is 15.6. The first-order valence-corrected chi connectivity index (χ1v) is 7.87. The lowest BCUT2D eigenvalue weighted by atomic mass is 10.0.